The molecule has 0 radical (unpaired) electrons. The molecule has 2 aromatic rings. The lowest BCUT2D eigenvalue weighted by Crippen LogP contribution is -2.30. The van der Waals surface area contributed by atoms with Gasteiger partial charge in [0.15, 0.2) is 5.69 Å². The molecule has 1 heterocycles. The average Bonchev–Trinajstić information content (AvgIpc) is 2.94. The average molecular weight is 277 g/mol. The van der Waals surface area contributed by atoms with E-state index in [2.05, 4.69) is 10.3 Å². The number of nitrogens with one attached hydrogen (secondary N) is 1. The van der Waals surface area contributed by atoms with Crippen molar-refractivity contribution in [3.8, 4) is 5.75 Å². The van der Waals surface area contributed by atoms with Crippen LogP contribution < -0.4 is 16.0 Å². The van der Waals surface area contributed by atoms with Gasteiger partial charge in [-0.25, -0.2) is 10.5 Å². The first-order valence-electron chi connectivity index (χ1n) is 5.87. The maximum Gasteiger partial charge on any atom is 0.287 e. The second-order valence-electron chi connectivity index (χ2n) is 4.06. The summed E-state index contributed by atoms with van der Waals surface area (Å²) in [6, 6.07) is 7.13. The molecule has 0 aliphatic carbocycles. The molecule has 0 aliphatic heterocycles. The van der Waals surface area contributed by atoms with Crippen LogP contribution in [0, 0.1) is 0 Å². The third-order valence-corrected chi connectivity index (χ3v) is 2.76. The molecule has 0 aliphatic rings. The van der Waals surface area contributed by atoms with Crippen molar-refractivity contribution in [1.29, 1.82) is 0 Å². The van der Waals surface area contributed by atoms with Gasteiger partial charge in [0.25, 0.3) is 5.91 Å². The fraction of sp³-hybridized carbons (Fsp3) is 0.250. The van der Waals surface area contributed by atoms with Crippen molar-refractivity contribution in [2.75, 3.05) is 7.11 Å². The molecule has 1 aromatic heterocycles. The fourth-order valence-corrected chi connectivity index (χ4v) is 1.78. The number of ether oxygens (including phenoxy) is 1. The van der Waals surface area contributed by atoms with Crippen molar-refractivity contribution in [2.24, 2.45) is 5.84 Å². The van der Waals surface area contributed by atoms with Gasteiger partial charge < -0.3 is 9.84 Å². The Morgan fingerprint density at radius 1 is 1.55 bits per heavy atom. The number of hydrazine groups is 1. The molecule has 4 N–H and O–H groups in total. The number of hydrogen-bond donors (Lipinski definition) is 3. The Labute approximate surface area is 115 Å². The van der Waals surface area contributed by atoms with E-state index in [1.165, 1.54) is 18.0 Å². The zero-order chi connectivity index (χ0) is 14.5. The third-order valence-electron chi connectivity index (χ3n) is 2.76. The molecule has 1 atom stereocenters. The Bertz CT molecular complexity index is 598. The minimum Gasteiger partial charge on any atom is -0.496 e. The second kappa shape index (κ2) is 6.13. The first-order chi connectivity index (χ1) is 9.65. The molecule has 0 spiro atoms. The van der Waals surface area contributed by atoms with E-state index in [9.17, 15) is 9.90 Å². The number of nitrogens with two attached hydrogens (primary N) is 1. The van der Waals surface area contributed by atoms with Crippen LogP contribution in [0.15, 0.2) is 30.5 Å². The van der Waals surface area contributed by atoms with Gasteiger partial charge in [-0.2, -0.15) is 0 Å². The molecule has 0 saturated carbocycles. The Kier molecular flexibility index (Phi) is 4.28. The van der Waals surface area contributed by atoms with Crippen molar-refractivity contribution in [3.05, 3.63) is 41.7 Å². The minimum atomic E-state index is -0.832. The van der Waals surface area contributed by atoms with Gasteiger partial charge in [-0.1, -0.05) is 23.4 Å². The molecule has 0 bridgehead atoms. The number of amides is 1. The number of carbonyl (C=O) groups excluding carboxylic acids is 1. The number of aliphatic hydroxyl groups is 1. The summed E-state index contributed by atoms with van der Waals surface area (Å²) in [5.41, 5.74) is 2.68. The van der Waals surface area contributed by atoms with E-state index in [-0.39, 0.29) is 12.2 Å². The van der Waals surface area contributed by atoms with Gasteiger partial charge in [0, 0.05) is 5.56 Å². The van der Waals surface area contributed by atoms with Crippen molar-refractivity contribution >= 4 is 5.91 Å². The molecule has 106 valence electrons. The van der Waals surface area contributed by atoms with Crippen LogP contribution >= 0.6 is 0 Å². The molecule has 0 saturated heterocycles. The van der Waals surface area contributed by atoms with Crippen LogP contribution in [0.25, 0.3) is 0 Å². The van der Waals surface area contributed by atoms with Gasteiger partial charge in [-0.3, -0.25) is 10.2 Å². The summed E-state index contributed by atoms with van der Waals surface area (Å²) < 4.78 is 6.54. The highest BCUT2D eigenvalue weighted by atomic mass is 16.5. The van der Waals surface area contributed by atoms with E-state index < -0.39 is 12.0 Å². The number of para-hydroxylation sites is 1. The summed E-state index contributed by atoms with van der Waals surface area (Å²) in [7, 11) is 1.53. The lowest BCUT2D eigenvalue weighted by atomic mass is 10.1. The summed E-state index contributed by atoms with van der Waals surface area (Å²) in [5.74, 6) is 5.05. The highest BCUT2D eigenvalue weighted by Gasteiger charge is 2.15. The molecule has 20 heavy (non-hydrogen) atoms. The van der Waals surface area contributed by atoms with Crippen LogP contribution in [0.4, 0.5) is 0 Å². The van der Waals surface area contributed by atoms with E-state index in [4.69, 9.17) is 10.6 Å². The number of hydrogen-bond acceptors (Lipinski definition) is 6. The summed E-state index contributed by atoms with van der Waals surface area (Å²) in [5, 5.41) is 17.6. The summed E-state index contributed by atoms with van der Waals surface area (Å²) in [4.78, 5) is 11.2. The predicted octanol–water partition coefficient (Wildman–Crippen LogP) is -0.376. The number of aliphatic hydroxyl groups excluding tert-OH is 1. The smallest absolute Gasteiger partial charge is 0.287 e. The molecule has 0 unspecified atom stereocenters. The van der Waals surface area contributed by atoms with Gasteiger partial charge in [0.2, 0.25) is 0 Å². The second-order valence-corrected chi connectivity index (χ2v) is 4.06. The van der Waals surface area contributed by atoms with E-state index in [1.54, 1.807) is 18.2 Å². The van der Waals surface area contributed by atoms with Gasteiger partial charge in [-0.15, -0.1) is 5.10 Å². The first-order valence-corrected chi connectivity index (χ1v) is 5.87. The standard InChI is InChI=1S/C12H15N5O3/c1-20-11-5-3-2-4-8(11)10(18)7-17-6-9(15-16-17)12(19)14-13/h2-6,10,18H,7,13H2,1H3,(H,14,19)/t10-/m1/s1. The lowest BCUT2D eigenvalue weighted by Gasteiger charge is -2.14. The summed E-state index contributed by atoms with van der Waals surface area (Å²) >= 11 is 0. The molecular formula is C12H15N5O3. The van der Waals surface area contributed by atoms with Crippen LogP contribution in [0.2, 0.25) is 0 Å². The maximum atomic E-state index is 11.2. The third kappa shape index (κ3) is 2.92. The zero-order valence-electron chi connectivity index (χ0n) is 10.9. The first kappa shape index (κ1) is 14.0. The van der Waals surface area contributed by atoms with Crippen LogP contribution in [0.5, 0.6) is 5.75 Å². The molecule has 8 heteroatoms. The Balaban J connectivity index is 2.13. The van der Waals surface area contributed by atoms with E-state index in [1.807, 2.05) is 11.5 Å². The Morgan fingerprint density at radius 2 is 2.30 bits per heavy atom. The SMILES string of the molecule is COc1ccccc1[C@H](O)Cn1cc(C(=O)NN)nn1. The molecule has 8 nitrogen and oxygen atoms in total. The van der Waals surface area contributed by atoms with Crippen molar-refractivity contribution in [2.45, 2.75) is 12.6 Å². The van der Waals surface area contributed by atoms with Crippen LogP contribution in [0.3, 0.4) is 0 Å². The number of nitrogens with zero attached hydrogens (tertiary/aromatic N) is 3. The quantitative estimate of drug-likeness (QED) is 0.390. The topological polar surface area (TPSA) is 115 Å². The molecule has 1 amide bonds. The van der Waals surface area contributed by atoms with Crippen LogP contribution in [-0.4, -0.2) is 33.1 Å². The monoisotopic (exact) mass is 277 g/mol. The Morgan fingerprint density at radius 3 is 3.00 bits per heavy atom. The van der Waals surface area contributed by atoms with Crippen LogP contribution in [0.1, 0.15) is 22.2 Å². The predicted molar refractivity (Wildman–Crippen MR) is 69.6 cm³/mol. The van der Waals surface area contributed by atoms with Crippen molar-refractivity contribution in [3.63, 3.8) is 0 Å². The largest absolute Gasteiger partial charge is 0.496 e. The molecule has 1 aromatic carbocycles. The molecule has 2 rings (SSSR count). The van der Waals surface area contributed by atoms with Crippen LogP contribution in [-0.2, 0) is 6.54 Å². The van der Waals surface area contributed by atoms with Gasteiger partial charge >= 0.3 is 0 Å². The highest BCUT2D eigenvalue weighted by Crippen LogP contribution is 2.25. The number of benzene rings is 1. The van der Waals surface area contributed by atoms with Gasteiger partial charge in [-0.05, 0) is 6.07 Å². The number of methoxy groups -OCH3 is 1. The normalized spacial score (nSPS) is 11.9. The number of carbonyl (C=O) groups is 1. The number of nitrogen functional groups attached to an aromatic ring is 1. The van der Waals surface area contributed by atoms with Gasteiger partial charge in [0.05, 0.1) is 19.9 Å². The lowest BCUT2D eigenvalue weighted by molar-refractivity contribution is 0.0948. The van der Waals surface area contributed by atoms with E-state index in [0.717, 1.165) is 0 Å². The summed E-state index contributed by atoms with van der Waals surface area (Å²) in [6.07, 6.45) is 0.572. The van der Waals surface area contributed by atoms with Crippen molar-refractivity contribution in [1.82, 2.24) is 20.4 Å². The minimum absolute atomic E-state index is 0.0831. The van der Waals surface area contributed by atoms with Gasteiger partial charge in [0.1, 0.15) is 11.9 Å². The summed E-state index contributed by atoms with van der Waals surface area (Å²) in [6.45, 7) is 0.144. The fourth-order valence-electron chi connectivity index (χ4n) is 1.78. The Hall–Kier alpha value is -2.45. The zero-order valence-corrected chi connectivity index (χ0v) is 10.9. The highest BCUT2D eigenvalue weighted by molar-refractivity contribution is 5.91. The number of aromatic nitrogens is 3. The molecule has 0 fully saturated rings. The van der Waals surface area contributed by atoms with E-state index >= 15 is 0 Å². The molecular weight excluding hydrogens is 262 g/mol. The maximum absolute atomic E-state index is 11.2. The number of rotatable bonds is 5. The van der Waals surface area contributed by atoms with E-state index in [0.29, 0.717) is 11.3 Å². The van der Waals surface area contributed by atoms with Crippen molar-refractivity contribution < 1.29 is 14.6 Å².